The van der Waals surface area contributed by atoms with Gasteiger partial charge in [-0.25, -0.2) is 18.4 Å². The average molecular weight is 556 g/mol. The minimum absolute atomic E-state index is 0.0939. The second kappa shape index (κ2) is 15.6. The molecule has 2 rings (SSSR count). The lowest BCUT2D eigenvalue weighted by atomic mass is 10.1. The van der Waals surface area contributed by atoms with Crippen LogP contribution in [0.3, 0.4) is 0 Å². The van der Waals surface area contributed by atoms with E-state index < -0.39 is 37.1 Å². The maximum absolute atomic E-state index is 14.5. The lowest BCUT2D eigenvalue weighted by Gasteiger charge is -2.28. The van der Waals surface area contributed by atoms with Crippen LogP contribution in [0.4, 0.5) is 8.78 Å². The van der Waals surface area contributed by atoms with E-state index in [1.165, 1.54) is 24.0 Å². The maximum atomic E-state index is 14.5. The van der Waals surface area contributed by atoms with Crippen molar-refractivity contribution in [2.75, 3.05) is 18.2 Å². The van der Waals surface area contributed by atoms with Gasteiger partial charge in [0.2, 0.25) is 18.3 Å². The number of hydrogen-bond acceptors (Lipinski definition) is 8. The standard InChI is InChI=1S/C26H31F2NO6S2/c1-17-9-4-6-12-21(17)23(27)25(32)34-36-14-8-11-20(29(16-30)19(3)31)15-37-35-26(33)24(28)22-13-7-5-10-18(22)2/h4-7,9-10,12-13,20,23-24,30H,8,11,14-16H2,1-3H3. The van der Waals surface area contributed by atoms with Crippen LogP contribution < -0.4 is 0 Å². The molecule has 0 fully saturated rings. The van der Waals surface area contributed by atoms with Crippen molar-refractivity contribution in [2.45, 2.75) is 52.0 Å². The van der Waals surface area contributed by atoms with Crippen molar-refractivity contribution in [3.05, 3.63) is 70.8 Å². The summed E-state index contributed by atoms with van der Waals surface area (Å²) in [6.45, 7) is 4.14. The fourth-order valence-corrected chi connectivity index (χ4v) is 4.87. The summed E-state index contributed by atoms with van der Waals surface area (Å²) in [5, 5.41) is 9.62. The summed E-state index contributed by atoms with van der Waals surface area (Å²) in [6.07, 6.45) is -3.03. The number of alkyl halides is 2. The van der Waals surface area contributed by atoms with E-state index in [-0.39, 0.29) is 22.8 Å². The van der Waals surface area contributed by atoms with Crippen LogP contribution in [0.2, 0.25) is 0 Å². The smallest absolute Gasteiger partial charge is 0.357 e. The highest BCUT2D eigenvalue weighted by Gasteiger charge is 2.26. The van der Waals surface area contributed by atoms with Gasteiger partial charge in [-0.3, -0.25) is 4.79 Å². The first-order valence-electron chi connectivity index (χ1n) is 11.6. The normalized spacial score (nSPS) is 13.4. The van der Waals surface area contributed by atoms with Crippen LogP contribution in [0.1, 0.15) is 54.4 Å². The number of aryl methyl sites for hydroxylation is 2. The van der Waals surface area contributed by atoms with Gasteiger partial charge in [0.05, 0.1) is 29.8 Å². The minimum atomic E-state index is -1.95. The molecule has 0 aliphatic rings. The van der Waals surface area contributed by atoms with E-state index in [0.717, 1.165) is 12.0 Å². The third-order valence-corrected chi connectivity index (χ3v) is 7.18. The van der Waals surface area contributed by atoms with Crippen LogP contribution in [-0.4, -0.2) is 52.1 Å². The van der Waals surface area contributed by atoms with Crippen LogP contribution in [-0.2, 0) is 22.7 Å². The van der Waals surface area contributed by atoms with Crippen molar-refractivity contribution >= 4 is 41.9 Å². The number of halogens is 2. The summed E-state index contributed by atoms with van der Waals surface area (Å²) in [5.74, 6) is -2.05. The molecule has 0 radical (unpaired) electrons. The maximum Gasteiger partial charge on any atom is 0.357 e. The Labute approximate surface area is 224 Å². The Morgan fingerprint density at radius 3 is 1.84 bits per heavy atom. The molecule has 3 unspecified atom stereocenters. The van der Waals surface area contributed by atoms with Crippen molar-refractivity contribution in [1.29, 1.82) is 0 Å². The molecule has 0 saturated heterocycles. The van der Waals surface area contributed by atoms with Crippen LogP contribution in [0, 0.1) is 13.8 Å². The highest BCUT2D eigenvalue weighted by Crippen LogP contribution is 2.27. The summed E-state index contributed by atoms with van der Waals surface area (Å²) in [5.41, 5.74) is 1.73. The zero-order valence-corrected chi connectivity index (χ0v) is 22.5. The first-order chi connectivity index (χ1) is 17.7. The van der Waals surface area contributed by atoms with Crippen molar-refractivity contribution in [3.63, 3.8) is 0 Å². The predicted octanol–water partition coefficient (Wildman–Crippen LogP) is 5.35. The van der Waals surface area contributed by atoms with Gasteiger partial charge in [-0.2, -0.15) is 0 Å². The molecule has 0 aromatic heterocycles. The van der Waals surface area contributed by atoms with Gasteiger partial charge in [0.25, 0.3) is 0 Å². The topological polar surface area (TPSA) is 93.1 Å². The lowest BCUT2D eigenvalue weighted by molar-refractivity contribution is -0.139. The molecule has 1 N–H and O–H groups in total. The quantitative estimate of drug-likeness (QED) is 0.189. The zero-order chi connectivity index (χ0) is 27.4. The highest BCUT2D eigenvalue weighted by molar-refractivity contribution is 7.95. The first kappa shape index (κ1) is 30.6. The van der Waals surface area contributed by atoms with Crippen LogP contribution in [0.5, 0.6) is 0 Å². The van der Waals surface area contributed by atoms with E-state index in [4.69, 9.17) is 8.37 Å². The molecule has 37 heavy (non-hydrogen) atoms. The van der Waals surface area contributed by atoms with Gasteiger partial charge in [0, 0.05) is 29.8 Å². The lowest BCUT2D eigenvalue weighted by Crippen LogP contribution is -2.41. The van der Waals surface area contributed by atoms with Crippen LogP contribution in [0.15, 0.2) is 48.5 Å². The number of hydrogen-bond donors (Lipinski definition) is 1. The molecule has 202 valence electrons. The second-order valence-electron chi connectivity index (χ2n) is 8.28. The Kier molecular flexibility index (Phi) is 12.9. The zero-order valence-electron chi connectivity index (χ0n) is 20.9. The Morgan fingerprint density at radius 1 is 0.892 bits per heavy atom. The van der Waals surface area contributed by atoms with E-state index in [1.54, 1.807) is 50.2 Å². The van der Waals surface area contributed by atoms with Crippen molar-refractivity contribution in [3.8, 4) is 0 Å². The monoisotopic (exact) mass is 555 g/mol. The number of benzene rings is 2. The Morgan fingerprint density at radius 2 is 1.38 bits per heavy atom. The fourth-order valence-electron chi connectivity index (χ4n) is 3.53. The summed E-state index contributed by atoms with van der Waals surface area (Å²) in [7, 11) is 0. The van der Waals surface area contributed by atoms with Gasteiger partial charge in [0.15, 0.2) is 0 Å². The molecule has 2 aromatic rings. The van der Waals surface area contributed by atoms with Gasteiger partial charge in [-0.15, -0.1) is 0 Å². The molecule has 2 aromatic carbocycles. The molecule has 0 bridgehead atoms. The average Bonchev–Trinajstić information content (AvgIpc) is 2.87. The molecule has 1 amide bonds. The molecular weight excluding hydrogens is 524 g/mol. The summed E-state index contributed by atoms with van der Waals surface area (Å²) >= 11 is 1.49. The van der Waals surface area contributed by atoms with Gasteiger partial charge in [-0.05, 0) is 37.8 Å². The number of nitrogens with zero attached hydrogens (tertiary/aromatic N) is 1. The van der Waals surface area contributed by atoms with E-state index in [2.05, 4.69) is 0 Å². The number of aliphatic hydroxyl groups excluding tert-OH is 1. The first-order valence-corrected chi connectivity index (χ1v) is 13.4. The number of rotatable bonds is 14. The number of amides is 1. The molecule has 0 heterocycles. The molecule has 0 saturated carbocycles. The van der Waals surface area contributed by atoms with Crippen molar-refractivity contribution in [1.82, 2.24) is 4.90 Å². The predicted molar refractivity (Wildman–Crippen MR) is 140 cm³/mol. The molecule has 7 nitrogen and oxygen atoms in total. The Hall–Kier alpha value is -2.63. The van der Waals surface area contributed by atoms with E-state index in [1.807, 2.05) is 0 Å². The third-order valence-electron chi connectivity index (χ3n) is 5.64. The van der Waals surface area contributed by atoms with Crippen LogP contribution >= 0.6 is 24.1 Å². The summed E-state index contributed by atoms with van der Waals surface area (Å²) in [4.78, 5) is 37.3. The number of aliphatic hydroxyl groups is 1. The van der Waals surface area contributed by atoms with Crippen LogP contribution in [0.25, 0.3) is 0 Å². The SMILES string of the molecule is CC(=O)N(CO)C(CCCSOC(=O)C(F)c1ccccc1C)CSOC(=O)C(F)c1ccccc1C. The van der Waals surface area contributed by atoms with Crippen molar-refractivity contribution < 1.29 is 36.6 Å². The molecule has 0 aliphatic carbocycles. The van der Waals surface area contributed by atoms with Gasteiger partial charge < -0.3 is 18.4 Å². The largest absolute Gasteiger partial charge is 0.389 e. The third kappa shape index (κ3) is 9.32. The fraction of sp³-hybridized carbons (Fsp3) is 0.423. The minimum Gasteiger partial charge on any atom is -0.389 e. The summed E-state index contributed by atoms with van der Waals surface area (Å²) in [6, 6.07) is 12.7. The highest BCUT2D eigenvalue weighted by atomic mass is 32.2. The second-order valence-corrected chi connectivity index (χ2v) is 9.82. The van der Waals surface area contributed by atoms with Gasteiger partial charge >= 0.3 is 11.9 Å². The molecule has 11 heteroatoms. The van der Waals surface area contributed by atoms with Gasteiger partial charge in [-0.1, -0.05) is 48.5 Å². The van der Waals surface area contributed by atoms with E-state index >= 15 is 0 Å². The molecule has 3 atom stereocenters. The molecule has 0 aliphatic heterocycles. The van der Waals surface area contributed by atoms with Gasteiger partial charge in [0.1, 0.15) is 6.73 Å². The Balaban J connectivity index is 1.83. The number of carbonyl (C=O) groups is 3. The summed E-state index contributed by atoms with van der Waals surface area (Å²) < 4.78 is 39.0. The number of carbonyl (C=O) groups excluding carboxylic acids is 3. The molecule has 0 spiro atoms. The van der Waals surface area contributed by atoms with Crippen molar-refractivity contribution in [2.24, 2.45) is 0 Å². The Bertz CT molecular complexity index is 1060. The molecular formula is C26H31F2NO6S2. The van der Waals surface area contributed by atoms with E-state index in [0.29, 0.717) is 41.8 Å². The van der Waals surface area contributed by atoms with E-state index in [9.17, 15) is 28.3 Å².